The minimum absolute atomic E-state index is 0.109. The molecule has 0 aliphatic heterocycles. The maximum absolute atomic E-state index is 11.8. The topological polar surface area (TPSA) is 76.1 Å². The van der Waals surface area contributed by atoms with E-state index in [0.29, 0.717) is 17.2 Å². The van der Waals surface area contributed by atoms with Gasteiger partial charge in [-0.15, -0.1) is 0 Å². The lowest BCUT2D eigenvalue weighted by molar-refractivity contribution is 0.0602. The number of nitrogens with one attached hydrogen (secondary N) is 2. The molecule has 0 aliphatic rings. The van der Waals surface area contributed by atoms with Crippen molar-refractivity contribution in [3.63, 3.8) is 0 Å². The molecule has 0 amide bonds. The van der Waals surface area contributed by atoms with Gasteiger partial charge in [0.15, 0.2) is 0 Å². The van der Waals surface area contributed by atoms with Gasteiger partial charge < -0.3 is 15.4 Å². The average Bonchev–Trinajstić information content (AvgIpc) is 2.44. The van der Waals surface area contributed by atoms with Gasteiger partial charge in [0.05, 0.1) is 18.4 Å². The van der Waals surface area contributed by atoms with Crippen molar-refractivity contribution in [3.8, 4) is 0 Å². The lowest BCUT2D eigenvalue weighted by atomic mass is 10.1. The molecule has 0 spiro atoms. The van der Waals surface area contributed by atoms with Gasteiger partial charge in [0, 0.05) is 17.3 Å². The van der Waals surface area contributed by atoms with Gasteiger partial charge in [0.1, 0.15) is 5.82 Å². The normalized spacial score (nSPS) is 11.0. The second-order valence-corrected chi connectivity index (χ2v) is 6.26. The number of ether oxygens (including phenoxy) is 1. The number of aryl methyl sites for hydroxylation is 1. The predicted octanol–water partition coefficient (Wildman–Crippen LogP) is 3.53. The van der Waals surface area contributed by atoms with Gasteiger partial charge in [0.2, 0.25) is 5.95 Å². The molecule has 2 aromatic rings. The van der Waals surface area contributed by atoms with Gasteiger partial charge in [-0.05, 0) is 39.8 Å². The smallest absolute Gasteiger partial charge is 0.339 e. The number of para-hydroxylation sites is 1. The summed E-state index contributed by atoms with van der Waals surface area (Å²) in [6.07, 6.45) is 0. The minimum atomic E-state index is -0.409. The number of benzene rings is 1. The first-order valence-electron chi connectivity index (χ1n) is 7.37. The quantitative estimate of drug-likeness (QED) is 0.841. The highest BCUT2D eigenvalue weighted by Crippen LogP contribution is 2.21. The monoisotopic (exact) mass is 314 g/mol. The first kappa shape index (κ1) is 16.7. The largest absolute Gasteiger partial charge is 0.465 e. The molecular weight excluding hydrogens is 292 g/mol. The van der Waals surface area contributed by atoms with E-state index in [1.54, 1.807) is 18.2 Å². The number of nitrogens with zero attached hydrogens (tertiary/aromatic N) is 2. The number of rotatable bonds is 4. The fourth-order valence-corrected chi connectivity index (χ4v) is 2.07. The molecule has 0 bridgehead atoms. The Morgan fingerprint density at radius 3 is 2.52 bits per heavy atom. The van der Waals surface area contributed by atoms with E-state index in [2.05, 4.69) is 41.4 Å². The van der Waals surface area contributed by atoms with Crippen LogP contribution < -0.4 is 10.6 Å². The van der Waals surface area contributed by atoms with Gasteiger partial charge >= 0.3 is 5.97 Å². The van der Waals surface area contributed by atoms with Crippen LogP contribution in [0.4, 0.5) is 17.5 Å². The van der Waals surface area contributed by atoms with E-state index in [1.807, 2.05) is 19.1 Å². The van der Waals surface area contributed by atoms with E-state index in [-0.39, 0.29) is 5.54 Å². The number of hydrogen-bond donors (Lipinski definition) is 2. The fraction of sp³-hybridized carbons (Fsp3) is 0.353. The Kier molecular flexibility index (Phi) is 4.83. The molecule has 6 nitrogen and oxygen atoms in total. The van der Waals surface area contributed by atoms with Crippen LogP contribution in [0.15, 0.2) is 30.3 Å². The summed E-state index contributed by atoms with van der Waals surface area (Å²) in [4.78, 5) is 20.7. The summed E-state index contributed by atoms with van der Waals surface area (Å²) >= 11 is 0. The number of methoxy groups -OCH3 is 1. The highest BCUT2D eigenvalue weighted by molar-refractivity contribution is 5.96. The van der Waals surface area contributed by atoms with Crippen molar-refractivity contribution in [2.45, 2.75) is 33.2 Å². The molecule has 0 saturated carbocycles. The van der Waals surface area contributed by atoms with E-state index in [9.17, 15) is 4.79 Å². The summed E-state index contributed by atoms with van der Waals surface area (Å²) in [6, 6.07) is 8.97. The van der Waals surface area contributed by atoms with Crippen molar-refractivity contribution >= 4 is 23.4 Å². The van der Waals surface area contributed by atoms with Crippen LogP contribution in [0.2, 0.25) is 0 Å². The van der Waals surface area contributed by atoms with Gasteiger partial charge in [-0.25, -0.2) is 9.78 Å². The maximum Gasteiger partial charge on any atom is 0.339 e. The van der Waals surface area contributed by atoms with Crippen LogP contribution in [0.5, 0.6) is 0 Å². The zero-order valence-corrected chi connectivity index (χ0v) is 14.1. The van der Waals surface area contributed by atoms with Crippen LogP contribution in [0.25, 0.3) is 0 Å². The second kappa shape index (κ2) is 6.64. The summed E-state index contributed by atoms with van der Waals surface area (Å²) in [5, 5.41) is 6.41. The first-order chi connectivity index (χ1) is 10.8. The number of carbonyl (C=O) groups excluding carboxylic acids is 1. The SMILES string of the molecule is COC(=O)c1ccccc1Nc1nc(C)cc(NC(C)(C)C)n1. The molecule has 0 atom stereocenters. The Hall–Kier alpha value is -2.63. The Morgan fingerprint density at radius 1 is 1.17 bits per heavy atom. The summed E-state index contributed by atoms with van der Waals surface area (Å²) < 4.78 is 4.80. The molecule has 6 heteroatoms. The lowest BCUT2D eigenvalue weighted by Crippen LogP contribution is -2.27. The van der Waals surface area contributed by atoms with Crippen molar-refractivity contribution in [2.24, 2.45) is 0 Å². The van der Waals surface area contributed by atoms with Crippen LogP contribution in [0, 0.1) is 6.92 Å². The number of hydrogen-bond acceptors (Lipinski definition) is 6. The van der Waals surface area contributed by atoms with Gasteiger partial charge in [-0.2, -0.15) is 4.98 Å². The average molecular weight is 314 g/mol. The zero-order valence-electron chi connectivity index (χ0n) is 14.1. The molecule has 0 saturated heterocycles. The maximum atomic E-state index is 11.8. The van der Waals surface area contributed by atoms with E-state index in [4.69, 9.17) is 4.74 Å². The molecule has 0 radical (unpaired) electrons. The molecular formula is C17H22N4O2. The molecule has 0 unspecified atom stereocenters. The standard InChI is InChI=1S/C17H22N4O2/c1-11-10-14(21-17(2,3)4)20-16(18-11)19-13-9-7-6-8-12(13)15(22)23-5/h6-10H,1-5H3,(H2,18,19,20,21). The van der Waals surface area contributed by atoms with Gasteiger partial charge in [-0.1, -0.05) is 12.1 Å². The Bertz CT molecular complexity index is 708. The van der Waals surface area contributed by atoms with Crippen LogP contribution in [0.1, 0.15) is 36.8 Å². The van der Waals surface area contributed by atoms with Gasteiger partial charge in [-0.3, -0.25) is 0 Å². The number of anilines is 3. The molecule has 2 rings (SSSR count). The van der Waals surface area contributed by atoms with E-state index in [1.165, 1.54) is 7.11 Å². The molecule has 2 N–H and O–H groups in total. The van der Waals surface area contributed by atoms with E-state index < -0.39 is 5.97 Å². The Balaban J connectivity index is 2.32. The van der Waals surface area contributed by atoms with Crippen LogP contribution >= 0.6 is 0 Å². The molecule has 23 heavy (non-hydrogen) atoms. The Morgan fingerprint density at radius 2 is 1.87 bits per heavy atom. The summed E-state index contributed by atoms with van der Waals surface area (Å²) in [6.45, 7) is 8.07. The highest BCUT2D eigenvalue weighted by atomic mass is 16.5. The molecule has 122 valence electrons. The van der Waals surface area contributed by atoms with Crippen molar-refractivity contribution in [1.82, 2.24) is 9.97 Å². The van der Waals surface area contributed by atoms with Crippen molar-refractivity contribution < 1.29 is 9.53 Å². The second-order valence-electron chi connectivity index (χ2n) is 6.26. The summed E-state index contributed by atoms with van der Waals surface area (Å²) in [5.41, 5.74) is 1.75. The third-order valence-corrected chi connectivity index (χ3v) is 2.94. The van der Waals surface area contributed by atoms with E-state index in [0.717, 1.165) is 11.5 Å². The summed E-state index contributed by atoms with van der Waals surface area (Å²) in [7, 11) is 1.35. The van der Waals surface area contributed by atoms with Crippen molar-refractivity contribution in [1.29, 1.82) is 0 Å². The Labute approximate surface area is 136 Å². The molecule has 1 aromatic carbocycles. The van der Waals surface area contributed by atoms with Crippen LogP contribution in [-0.2, 0) is 4.74 Å². The predicted molar refractivity (Wildman–Crippen MR) is 91.2 cm³/mol. The minimum Gasteiger partial charge on any atom is -0.465 e. The lowest BCUT2D eigenvalue weighted by Gasteiger charge is -2.22. The molecule has 1 aromatic heterocycles. The third-order valence-electron chi connectivity index (χ3n) is 2.94. The third kappa shape index (κ3) is 4.67. The van der Waals surface area contributed by atoms with Crippen molar-refractivity contribution in [2.75, 3.05) is 17.7 Å². The number of esters is 1. The first-order valence-corrected chi connectivity index (χ1v) is 7.37. The number of aromatic nitrogens is 2. The zero-order chi connectivity index (χ0) is 17.0. The van der Waals surface area contributed by atoms with Crippen molar-refractivity contribution in [3.05, 3.63) is 41.6 Å². The fourth-order valence-electron chi connectivity index (χ4n) is 2.07. The molecule has 0 fully saturated rings. The van der Waals surface area contributed by atoms with Gasteiger partial charge in [0.25, 0.3) is 0 Å². The highest BCUT2D eigenvalue weighted by Gasteiger charge is 2.14. The van der Waals surface area contributed by atoms with Crippen LogP contribution in [-0.4, -0.2) is 28.6 Å². The van der Waals surface area contributed by atoms with E-state index >= 15 is 0 Å². The molecule has 1 heterocycles. The summed E-state index contributed by atoms with van der Waals surface area (Å²) in [5.74, 6) is 0.741. The molecule has 0 aliphatic carbocycles. The number of carbonyl (C=O) groups is 1. The van der Waals surface area contributed by atoms with Crippen LogP contribution in [0.3, 0.4) is 0 Å².